The van der Waals surface area contributed by atoms with Crippen molar-refractivity contribution in [1.82, 2.24) is 9.97 Å². The van der Waals surface area contributed by atoms with Crippen LogP contribution in [0.15, 0.2) is 21.6 Å². The number of nitrogens with zero attached hydrogens (tertiary/aromatic N) is 1. The fraction of sp³-hybridized carbons (Fsp3) is 0.333. The summed E-state index contributed by atoms with van der Waals surface area (Å²) in [5.41, 5.74) is 2.51. The van der Waals surface area contributed by atoms with Crippen LogP contribution in [-0.4, -0.2) is 9.97 Å². The molecule has 0 saturated heterocycles. The number of rotatable bonds is 3. The smallest absolute Gasteiger partial charge is 0.254 e. The fourth-order valence-corrected chi connectivity index (χ4v) is 2.26. The van der Waals surface area contributed by atoms with Crippen molar-refractivity contribution in [3.05, 3.63) is 38.6 Å². The van der Waals surface area contributed by atoms with Crippen LogP contribution in [0.3, 0.4) is 0 Å². The molecule has 0 aromatic carbocycles. The molecule has 1 N–H and O–H groups in total. The van der Waals surface area contributed by atoms with Gasteiger partial charge >= 0.3 is 0 Å². The van der Waals surface area contributed by atoms with E-state index in [1.165, 1.54) is 0 Å². The molecule has 0 fully saturated rings. The van der Waals surface area contributed by atoms with Crippen LogP contribution < -0.4 is 5.56 Å². The summed E-state index contributed by atoms with van der Waals surface area (Å²) < 4.78 is 0. The summed E-state index contributed by atoms with van der Waals surface area (Å²) in [7, 11) is 0. The highest BCUT2D eigenvalue weighted by Gasteiger charge is 2.09. The van der Waals surface area contributed by atoms with Crippen LogP contribution in [0.4, 0.5) is 0 Å². The molecule has 84 valence electrons. The fourth-order valence-electron chi connectivity index (χ4n) is 1.61. The van der Waals surface area contributed by atoms with Crippen LogP contribution in [0.5, 0.6) is 0 Å². The molecule has 2 aromatic heterocycles. The Bertz CT molecular complexity index is 528. The average Bonchev–Trinajstić information content (AvgIpc) is 2.76. The van der Waals surface area contributed by atoms with Gasteiger partial charge in [0.05, 0.1) is 5.69 Å². The normalized spacial score (nSPS) is 10.6. The summed E-state index contributed by atoms with van der Waals surface area (Å²) in [5, 5.41) is 4.02. The lowest BCUT2D eigenvalue weighted by Gasteiger charge is -2.05. The summed E-state index contributed by atoms with van der Waals surface area (Å²) in [6.07, 6.45) is 1.79. The van der Waals surface area contributed by atoms with Crippen molar-refractivity contribution in [2.45, 2.75) is 26.7 Å². The van der Waals surface area contributed by atoms with Gasteiger partial charge in [-0.3, -0.25) is 4.79 Å². The van der Waals surface area contributed by atoms with Gasteiger partial charge in [0.15, 0.2) is 0 Å². The van der Waals surface area contributed by atoms with Gasteiger partial charge in [-0.25, -0.2) is 4.98 Å². The standard InChI is InChI=1S/C12H14N2OS/c1-3-4-10-13-11(8(2)12(15)14-10)9-5-6-16-7-9/h5-7H,3-4H2,1-2H3,(H,13,14,15). The van der Waals surface area contributed by atoms with Crippen molar-refractivity contribution in [1.29, 1.82) is 0 Å². The molecule has 0 amide bonds. The second kappa shape index (κ2) is 4.61. The Morgan fingerprint density at radius 3 is 2.94 bits per heavy atom. The summed E-state index contributed by atoms with van der Waals surface area (Å²) in [6.45, 7) is 3.89. The molecule has 0 unspecified atom stereocenters. The van der Waals surface area contributed by atoms with Crippen LogP contribution in [-0.2, 0) is 6.42 Å². The third-order valence-electron chi connectivity index (χ3n) is 2.48. The number of hydrogen-bond donors (Lipinski definition) is 1. The molecule has 16 heavy (non-hydrogen) atoms. The van der Waals surface area contributed by atoms with E-state index in [0.29, 0.717) is 5.56 Å². The van der Waals surface area contributed by atoms with Gasteiger partial charge in [-0.05, 0) is 24.8 Å². The largest absolute Gasteiger partial charge is 0.310 e. The highest BCUT2D eigenvalue weighted by Crippen LogP contribution is 2.21. The molecule has 0 atom stereocenters. The highest BCUT2D eigenvalue weighted by atomic mass is 32.1. The summed E-state index contributed by atoms with van der Waals surface area (Å²) >= 11 is 1.62. The molecule has 0 radical (unpaired) electrons. The quantitative estimate of drug-likeness (QED) is 0.887. The van der Waals surface area contributed by atoms with Crippen LogP contribution in [0, 0.1) is 6.92 Å². The molecule has 0 aliphatic carbocycles. The third-order valence-corrected chi connectivity index (χ3v) is 3.17. The molecular weight excluding hydrogens is 220 g/mol. The van der Waals surface area contributed by atoms with E-state index in [2.05, 4.69) is 16.9 Å². The Hall–Kier alpha value is -1.42. The Morgan fingerprint density at radius 1 is 1.50 bits per heavy atom. The van der Waals surface area contributed by atoms with Crippen LogP contribution in [0.2, 0.25) is 0 Å². The SMILES string of the molecule is CCCc1nc(-c2ccsc2)c(C)c(=O)[nH]1. The van der Waals surface area contributed by atoms with Gasteiger partial charge < -0.3 is 4.98 Å². The topological polar surface area (TPSA) is 45.8 Å². The molecule has 0 aliphatic heterocycles. The van der Waals surface area contributed by atoms with Gasteiger partial charge in [0.1, 0.15) is 5.82 Å². The first-order chi connectivity index (χ1) is 7.72. The zero-order valence-corrected chi connectivity index (χ0v) is 10.2. The van der Waals surface area contributed by atoms with E-state index in [0.717, 1.165) is 29.9 Å². The maximum atomic E-state index is 11.7. The molecular formula is C12H14N2OS. The van der Waals surface area contributed by atoms with E-state index < -0.39 is 0 Å². The Kier molecular flexibility index (Phi) is 3.19. The number of nitrogens with one attached hydrogen (secondary N) is 1. The Morgan fingerprint density at radius 2 is 2.31 bits per heavy atom. The van der Waals surface area contributed by atoms with Crippen LogP contribution in [0.25, 0.3) is 11.3 Å². The minimum absolute atomic E-state index is 0.0281. The Labute approximate surface area is 98.2 Å². The number of thiophene rings is 1. The molecule has 0 aliphatic rings. The summed E-state index contributed by atoms with van der Waals surface area (Å²) in [4.78, 5) is 19.1. The van der Waals surface area contributed by atoms with Gasteiger partial charge in [-0.15, -0.1) is 0 Å². The lowest BCUT2D eigenvalue weighted by molar-refractivity contribution is 0.823. The van der Waals surface area contributed by atoms with Gasteiger partial charge in [-0.1, -0.05) is 6.92 Å². The number of hydrogen-bond acceptors (Lipinski definition) is 3. The van der Waals surface area contributed by atoms with E-state index in [9.17, 15) is 4.79 Å². The predicted octanol–water partition coefficient (Wildman–Crippen LogP) is 2.76. The molecule has 0 bridgehead atoms. The molecule has 4 heteroatoms. The number of aromatic nitrogens is 2. The van der Waals surface area contributed by atoms with Crippen molar-refractivity contribution in [2.24, 2.45) is 0 Å². The van der Waals surface area contributed by atoms with E-state index in [4.69, 9.17) is 0 Å². The van der Waals surface area contributed by atoms with Crippen molar-refractivity contribution >= 4 is 11.3 Å². The summed E-state index contributed by atoms with van der Waals surface area (Å²) in [5.74, 6) is 0.777. The molecule has 0 spiro atoms. The van der Waals surface area contributed by atoms with E-state index >= 15 is 0 Å². The second-order valence-corrected chi connectivity index (χ2v) is 4.53. The molecule has 2 aromatic rings. The lowest BCUT2D eigenvalue weighted by Crippen LogP contribution is -2.15. The lowest BCUT2D eigenvalue weighted by atomic mass is 10.1. The van der Waals surface area contributed by atoms with Gasteiger partial charge in [0.2, 0.25) is 0 Å². The third kappa shape index (κ3) is 2.07. The molecule has 2 heterocycles. The summed E-state index contributed by atoms with van der Waals surface area (Å²) in [6, 6.07) is 2.00. The maximum absolute atomic E-state index is 11.7. The van der Waals surface area contributed by atoms with Crippen molar-refractivity contribution < 1.29 is 0 Å². The monoisotopic (exact) mass is 234 g/mol. The zero-order valence-electron chi connectivity index (χ0n) is 9.41. The molecule has 2 rings (SSSR count). The minimum Gasteiger partial charge on any atom is -0.310 e. The second-order valence-electron chi connectivity index (χ2n) is 3.75. The highest BCUT2D eigenvalue weighted by molar-refractivity contribution is 7.08. The van der Waals surface area contributed by atoms with E-state index in [-0.39, 0.29) is 5.56 Å². The van der Waals surface area contributed by atoms with Gasteiger partial charge in [0.25, 0.3) is 5.56 Å². The first kappa shape index (κ1) is 11.1. The maximum Gasteiger partial charge on any atom is 0.254 e. The average molecular weight is 234 g/mol. The number of H-pyrrole nitrogens is 1. The first-order valence-electron chi connectivity index (χ1n) is 5.34. The predicted molar refractivity (Wildman–Crippen MR) is 66.9 cm³/mol. The minimum atomic E-state index is -0.0281. The van der Waals surface area contributed by atoms with Gasteiger partial charge in [-0.2, -0.15) is 11.3 Å². The molecule has 0 saturated carbocycles. The zero-order chi connectivity index (χ0) is 11.5. The van der Waals surface area contributed by atoms with E-state index in [1.54, 1.807) is 11.3 Å². The molecule has 3 nitrogen and oxygen atoms in total. The van der Waals surface area contributed by atoms with Crippen molar-refractivity contribution in [3.8, 4) is 11.3 Å². The number of aryl methyl sites for hydroxylation is 1. The van der Waals surface area contributed by atoms with E-state index in [1.807, 2.05) is 23.8 Å². The van der Waals surface area contributed by atoms with Crippen molar-refractivity contribution in [3.63, 3.8) is 0 Å². The van der Waals surface area contributed by atoms with Crippen molar-refractivity contribution in [2.75, 3.05) is 0 Å². The Balaban J connectivity index is 2.56. The van der Waals surface area contributed by atoms with Crippen LogP contribution in [0.1, 0.15) is 24.7 Å². The number of aromatic amines is 1. The van der Waals surface area contributed by atoms with Gasteiger partial charge in [0, 0.05) is 22.9 Å². The first-order valence-corrected chi connectivity index (χ1v) is 6.29. The van der Waals surface area contributed by atoms with Crippen LogP contribution >= 0.6 is 11.3 Å².